The minimum absolute atomic E-state index is 0.0278. The molecule has 1 atom stereocenters. The maximum atomic E-state index is 12.3. The predicted octanol–water partition coefficient (Wildman–Crippen LogP) is 1.82. The molecule has 0 aliphatic carbocycles. The Bertz CT molecular complexity index is 472. The van der Waals surface area contributed by atoms with E-state index in [4.69, 9.17) is 5.73 Å². The van der Waals surface area contributed by atoms with Crippen molar-refractivity contribution in [3.63, 3.8) is 0 Å². The molecule has 1 aromatic rings. The second kappa shape index (κ2) is 8.03. The van der Waals surface area contributed by atoms with E-state index in [1.165, 1.54) is 17.7 Å². The van der Waals surface area contributed by atoms with Crippen LogP contribution >= 0.6 is 0 Å². The van der Waals surface area contributed by atoms with Gasteiger partial charge in [0.25, 0.3) is 0 Å². The minimum Gasteiger partial charge on any atom is -0.378 e. The van der Waals surface area contributed by atoms with Crippen LogP contribution in [-0.2, 0) is 6.42 Å². The molecule has 1 unspecified atom stereocenters. The molecule has 5 heteroatoms. The van der Waals surface area contributed by atoms with E-state index in [1.807, 2.05) is 19.0 Å². The van der Waals surface area contributed by atoms with Gasteiger partial charge in [0.1, 0.15) is 0 Å². The molecule has 22 heavy (non-hydrogen) atoms. The molecule has 1 aromatic carbocycles. The molecule has 1 saturated heterocycles. The lowest BCUT2D eigenvalue weighted by Gasteiger charge is -2.35. The Hall–Kier alpha value is -1.75. The number of benzene rings is 1. The summed E-state index contributed by atoms with van der Waals surface area (Å²) in [6.07, 6.45) is 4.12. The number of nitrogens with zero attached hydrogens (tertiary/aromatic N) is 2. The number of carbonyl (C=O) groups excluding carboxylic acids is 1. The number of carbonyl (C=O) groups is 1. The van der Waals surface area contributed by atoms with Crippen LogP contribution in [0.2, 0.25) is 0 Å². The molecule has 1 aliphatic heterocycles. The molecule has 1 heterocycles. The molecule has 3 N–H and O–H groups in total. The van der Waals surface area contributed by atoms with Crippen LogP contribution in [0.4, 0.5) is 10.5 Å². The van der Waals surface area contributed by atoms with Gasteiger partial charge in [0.2, 0.25) is 0 Å². The highest BCUT2D eigenvalue weighted by Crippen LogP contribution is 2.16. The van der Waals surface area contributed by atoms with Crippen LogP contribution in [0.3, 0.4) is 0 Å². The summed E-state index contributed by atoms with van der Waals surface area (Å²) >= 11 is 0. The Kier molecular flexibility index (Phi) is 6.07. The molecular weight excluding hydrogens is 276 g/mol. The Morgan fingerprint density at radius 1 is 1.32 bits per heavy atom. The van der Waals surface area contributed by atoms with E-state index >= 15 is 0 Å². The highest BCUT2D eigenvalue weighted by molar-refractivity contribution is 5.74. The summed E-state index contributed by atoms with van der Waals surface area (Å²) in [4.78, 5) is 16.2. The van der Waals surface area contributed by atoms with Crippen LogP contribution in [0, 0.1) is 0 Å². The van der Waals surface area contributed by atoms with Gasteiger partial charge in [0.15, 0.2) is 0 Å². The summed E-state index contributed by atoms with van der Waals surface area (Å²) in [6.45, 7) is 2.04. The van der Waals surface area contributed by atoms with Crippen molar-refractivity contribution < 1.29 is 4.79 Å². The monoisotopic (exact) mass is 304 g/mol. The summed E-state index contributed by atoms with van der Waals surface area (Å²) in [5, 5.41) is 3.02. The Morgan fingerprint density at radius 2 is 2.05 bits per heavy atom. The lowest BCUT2D eigenvalue weighted by molar-refractivity contribution is 0.154. The molecule has 0 aromatic heterocycles. The van der Waals surface area contributed by atoms with Crippen molar-refractivity contribution in [3.05, 3.63) is 29.8 Å². The van der Waals surface area contributed by atoms with Crippen molar-refractivity contribution in [1.29, 1.82) is 0 Å². The Labute approximate surface area is 133 Å². The first-order valence-electron chi connectivity index (χ1n) is 8.12. The number of hydrogen-bond acceptors (Lipinski definition) is 3. The van der Waals surface area contributed by atoms with Crippen LogP contribution in [0.25, 0.3) is 0 Å². The Morgan fingerprint density at radius 3 is 2.68 bits per heavy atom. The average Bonchev–Trinajstić information content (AvgIpc) is 2.55. The number of urea groups is 1. The number of nitrogens with one attached hydrogen (secondary N) is 1. The number of nitrogens with two attached hydrogens (primary N) is 1. The summed E-state index contributed by atoms with van der Waals surface area (Å²) in [5.41, 5.74) is 8.19. The fourth-order valence-corrected chi connectivity index (χ4v) is 2.89. The van der Waals surface area contributed by atoms with Gasteiger partial charge in [-0.3, -0.25) is 0 Å². The number of rotatable bonds is 5. The topological polar surface area (TPSA) is 61.6 Å². The lowest BCUT2D eigenvalue weighted by Crippen LogP contribution is -2.51. The molecule has 2 amide bonds. The number of anilines is 1. The third kappa shape index (κ3) is 4.37. The SMILES string of the molecule is CN(C)c1ccc(CCNC(=O)N2CCCCC2CN)cc1. The van der Waals surface area contributed by atoms with Gasteiger partial charge in [-0.05, 0) is 43.4 Å². The van der Waals surface area contributed by atoms with E-state index in [1.54, 1.807) is 0 Å². The first kappa shape index (κ1) is 16.6. The molecule has 0 spiro atoms. The number of amides is 2. The maximum Gasteiger partial charge on any atom is 0.317 e. The molecule has 2 rings (SSSR count). The van der Waals surface area contributed by atoms with Gasteiger partial charge in [0.05, 0.1) is 0 Å². The van der Waals surface area contributed by atoms with Crippen LogP contribution in [0.1, 0.15) is 24.8 Å². The maximum absolute atomic E-state index is 12.3. The quantitative estimate of drug-likeness (QED) is 0.872. The van der Waals surface area contributed by atoms with Crippen molar-refractivity contribution >= 4 is 11.7 Å². The molecule has 0 saturated carbocycles. The van der Waals surface area contributed by atoms with Gasteiger partial charge in [-0.1, -0.05) is 12.1 Å². The van der Waals surface area contributed by atoms with Crippen LogP contribution < -0.4 is 16.0 Å². The third-order valence-electron chi connectivity index (χ3n) is 4.30. The van der Waals surface area contributed by atoms with Crippen LogP contribution in [0.5, 0.6) is 0 Å². The van der Waals surface area contributed by atoms with E-state index in [-0.39, 0.29) is 12.1 Å². The number of likely N-dealkylation sites (tertiary alicyclic amines) is 1. The summed E-state index contributed by atoms with van der Waals surface area (Å²) in [6, 6.07) is 8.67. The molecule has 1 fully saturated rings. The van der Waals surface area contributed by atoms with Gasteiger partial charge in [-0.25, -0.2) is 4.79 Å². The predicted molar refractivity (Wildman–Crippen MR) is 91.3 cm³/mol. The van der Waals surface area contributed by atoms with Gasteiger partial charge in [-0.15, -0.1) is 0 Å². The normalized spacial score (nSPS) is 18.1. The van der Waals surface area contributed by atoms with Crippen molar-refractivity contribution in [2.75, 3.05) is 38.6 Å². The van der Waals surface area contributed by atoms with Crippen molar-refractivity contribution in [1.82, 2.24) is 10.2 Å². The summed E-state index contributed by atoms with van der Waals surface area (Å²) < 4.78 is 0. The zero-order valence-electron chi connectivity index (χ0n) is 13.7. The largest absolute Gasteiger partial charge is 0.378 e. The molecule has 0 radical (unpaired) electrons. The molecule has 5 nitrogen and oxygen atoms in total. The summed E-state index contributed by atoms with van der Waals surface area (Å²) in [7, 11) is 4.06. The van der Waals surface area contributed by atoms with E-state index in [2.05, 4.69) is 34.5 Å². The van der Waals surface area contributed by atoms with Crippen molar-refractivity contribution in [2.24, 2.45) is 5.73 Å². The lowest BCUT2D eigenvalue weighted by atomic mass is 10.0. The third-order valence-corrected chi connectivity index (χ3v) is 4.30. The van der Waals surface area contributed by atoms with Gasteiger partial charge < -0.3 is 20.9 Å². The zero-order chi connectivity index (χ0) is 15.9. The second-order valence-corrected chi connectivity index (χ2v) is 6.12. The fourth-order valence-electron chi connectivity index (χ4n) is 2.89. The van der Waals surface area contributed by atoms with Crippen LogP contribution in [-0.4, -0.2) is 50.7 Å². The van der Waals surface area contributed by atoms with Crippen LogP contribution in [0.15, 0.2) is 24.3 Å². The van der Waals surface area contributed by atoms with Crippen molar-refractivity contribution in [3.8, 4) is 0 Å². The standard InChI is InChI=1S/C17H28N4O/c1-20(2)15-8-6-14(7-9-15)10-11-19-17(22)21-12-4-3-5-16(21)13-18/h6-9,16H,3-5,10-13,18H2,1-2H3,(H,19,22). The highest BCUT2D eigenvalue weighted by Gasteiger charge is 2.24. The molecule has 0 bridgehead atoms. The number of piperidine rings is 1. The number of hydrogen-bond donors (Lipinski definition) is 2. The van der Waals surface area contributed by atoms with Gasteiger partial charge >= 0.3 is 6.03 Å². The average molecular weight is 304 g/mol. The smallest absolute Gasteiger partial charge is 0.317 e. The molecule has 1 aliphatic rings. The zero-order valence-corrected chi connectivity index (χ0v) is 13.7. The summed E-state index contributed by atoms with van der Waals surface area (Å²) in [5.74, 6) is 0. The van der Waals surface area contributed by atoms with E-state index in [0.717, 1.165) is 25.8 Å². The fraction of sp³-hybridized carbons (Fsp3) is 0.588. The first-order chi connectivity index (χ1) is 10.6. The second-order valence-electron chi connectivity index (χ2n) is 6.12. The highest BCUT2D eigenvalue weighted by atomic mass is 16.2. The Balaban J connectivity index is 1.78. The molecule has 122 valence electrons. The minimum atomic E-state index is 0.0278. The van der Waals surface area contributed by atoms with Gasteiger partial charge in [0, 0.05) is 45.5 Å². The molecular formula is C17H28N4O. The van der Waals surface area contributed by atoms with Gasteiger partial charge in [-0.2, -0.15) is 0 Å². The van der Waals surface area contributed by atoms with E-state index < -0.39 is 0 Å². The van der Waals surface area contributed by atoms with Crippen molar-refractivity contribution in [2.45, 2.75) is 31.7 Å². The van der Waals surface area contributed by atoms with E-state index in [0.29, 0.717) is 13.1 Å². The van der Waals surface area contributed by atoms with E-state index in [9.17, 15) is 4.79 Å². The first-order valence-corrected chi connectivity index (χ1v) is 8.12.